The Hall–Kier alpha value is 0.220. The average molecular weight is 367 g/mol. The van der Waals surface area contributed by atoms with E-state index < -0.39 is 19.5 Å². The summed E-state index contributed by atoms with van der Waals surface area (Å²) in [5, 5.41) is 0. The molecule has 0 aliphatic heterocycles. The summed E-state index contributed by atoms with van der Waals surface area (Å²) in [6.45, 7) is 0.178. The van der Waals surface area contributed by atoms with E-state index in [1.807, 2.05) is 0 Å². The van der Waals surface area contributed by atoms with Crippen molar-refractivity contribution in [2.45, 2.75) is 6.73 Å². The van der Waals surface area contributed by atoms with E-state index in [4.69, 9.17) is 25.0 Å². The molecule has 2 heterocycles. The third-order valence-corrected chi connectivity index (χ3v) is 2.87. The van der Waals surface area contributed by atoms with Crippen LogP contribution in [0.3, 0.4) is 0 Å². The van der Waals surface area contributed by atoms with Crippen LogP contribution in [0.25, 0.3) is 11.2 Å². The minimum Gasteiger partial charge on any atom is -1.00 e. The molecule has 0 saturated carbocycles. The summed E-state index contributed by atoms with van der Waals surface area (Å²) in [5.41, 5.74) is 5.43. The molecule has 0 radical (unpaired) electrons. The predicted molar refractivity (Wildman–Crippen MR) is 73.6 cm³/mol. The Labute approximate surface area is 177 Å². The maximum absolute atomic E-state index is 11.5. The smallest absolute Gasteiger partial charge is 1.00 e. The number of aromatic amines is 1. The monoisotopic (exact) mass is 367 g/mol. The van der Waals surface area contributed by atoms with E-state index in [-0.39, 0.29) is 99.0 Å². The van der Waals surface area contributed by atoms with Gasteiger partial charge in [-0.15, -0.1) is 0 Å². The Morgan fingerprint density at radius 1 is 1.35 bits per heavy atom. The molecule has 23 heavy (non-hydrogen) atoms. The van der Waals surface area contributed by atoms with Crippen LogP contribution in [-0.2, 0) is 20.8 Å². The van der Waals surface area contributed by atoms with Crippen LogP contribution in [-0.4, -0.2) is 48.9 Å². The normalized spacial score (nSPS) is 11.0. The van der Waals surface area contributed by atoms with Gasteiger partial charge in [0.1, 0.15) is 13.1 Å². The first-order chi connectivity index (χ1) is 9.87. The first-order valence-corrected chi connectivity index (χ1v) is 7.57. The van der Waals surface area contributed by atoms with Crippen molar-refractivity contribution in [2.75, 3.05) is 25.3 Å². The topological polar surface area (TPSA) is 166 Å². The molecule has 0 saturated heterocycles. The van der Waals surface area contributed by atoms with Gasteiger partial charge in [-0.2, -0.15) is 4.98 Å². The van der Waals surface area contributed by atoms with Crippen molar-refractivity contribution < 1.29 is 85.8 Å². The molecule has 2 rings (SSSR count). The molecule has 2 aromatic heterocycles. The second-order valence-corrected chi connectivity index (χ2v) is 5.66. The van der Waals surface area contributed by atoms with E-state index >= 15 is 0 Å². The number of nitrogens with one attached hydrogen (secondary N) is 1. The van der Waals surface area contributed by atoms with Crippen LogP contribution in [0.5, 0.6) is 0 Å². The minimum absolute atomic E-state index is 0. The zero-order valence-electron chi connectivity index (χ0n) is 14.8. The number of imidazole rings is 1. The zero-order chi connectivity index (χ0) is 15.5. The van der Waals surface area contributed by atoms with Crippen LogP contribution >= 0.6 is 7.60 Å². The van der Waals surface area contributed by atoms with E-state index in [9.17, 15) is 9.36 Å². The Kier molecular flexibility index (Phi) is 10.4. The molecule has 0 spiro atoms. The number of nitrogen functional groups attached to an aromatic ring is 1. The van der Waals surface area contributed by atoms with Gasteiger partial charge in [0, 0.05) is 0 Å². The molecule has 11 nitrogen and oxygen atoms in total. The number of hydrogen-bond donors (Lipinski definition) is 4. The maximum atomic E-state index is 11.5. The molecule has 0 unspecified atom stereocenters. The molecular weight excluding hydrogens is 351 g/mol. The molecule has 0 aliphatic carbocycles. The van der Waals surface area contributed by atoms with Gasteiger partial charge in [0.25, 0.3) is 5.56 Å². The van der Waals surface area contributed by atoms with Crippen LogP contribution < -0.4 is 70.4 Å². The van der Waals surface area contributed by atoms with Crippen molar-refractivity contribution in [3.05, 3.63) is 16.7 Å². The summed E-state index contributed by atoms with van der Waals surface area (Å²) in [6.07, 6.45) is 0.723. The fourth-order valence-electron chi connectivity index (χ4n) is 1.53. The summed E-state index contributed by atoms with van der Waals surface area (Å²) < 4.78 is 22.0. The van der Waals surface area contributed by atoms with Crippen molar-refractivity contribution in [3.8, 4) is 0 Å². The van der Waals surface area contributed by atoms with E-state index in [0.717, 1.165) is 0 Å². The molecule has 2 aromatic rings. The van der Waals surface area contributed by atoms with Gasteiger partial charge < -0.3 is 27.8 Å². The fraction of sp³-hybridized carbons (Fsp3) is 0.444. The first-order valence-electron chi connectivity index (χ1n) is 5.77. The third kappa shape index (κ3) is 7.32. The maximum Gasteiger partial charge on any atom is 1.00 e. The van der Waals surface area contributed by atoms with Gasteiger partial charge in [-0.25, -0.2) is 4.98 Å². The van der Waals surface area contributed by atoms with E-state index in [1.54, 1.807) is 0 Å². The first kappa shape index (κ1) is 23.2. The largest absolute Gasteiger partial charge is 1.00 e. The molecule has 0 aliphatic rings. The Morgan fingerprint density at radius 3 is 2.65 bits per heavy atom. The van der Waals surface area contributed by atoms with Crippen molar-refractivity contribution in [1.29, 1.82) is 0 Å². The summed E-state index contributed by atoms with van der Waals surface area (Å²) in [4.78, 5) is 38.9. The van der Waals surface area contributed by atoms with Gasteiger partial charge in [0.15, 0.2) is 11.2 Å². The van der Waals surface area contributed by atoms with Crippen molar-refractivity contribution in [1.82, 2.24) is 19.5 Å². The van der Waals surface area contributed by atoms with E-state index in [0.29, 0.717) is 0 Å². The zero-order valence-corrected chi connectivity index (χ0v) is 17.7. The fourth-order valence-corrected chi connectivity index (χ4v) is 1.90. The van der Waals surface area contributed by atoms with Crippen molar-refractivity contribution in [2.24, 2.45) is 0 Å². The quantitative estimate of drug-likeness (QED) is 0.211. The van der Waals surface area contributed by atoms with Gasteiger partial charge in [-0.05, 0) is 0 Å². The second kappa shape index (κ2) is 10.3. The van der Waals surface area contributed by atoms with Crippen LogP contribution in [0.4, 0.5) is 5.95 Å². The predicted octanol–water partition coefficient (Wildman–Crippen LogP) is -6.94. The number of H-pyrrole nitrogens is 1. The molecule has 0 aromatic carbocycles. The van der Waals surface area contributed by atoms with E-state index in [2.05, 4.69) is 15.0 Å². The van der Waals surface area contributed by atoms with Crippen molar-refractivity contribution >= 4 is 24.7 Å². The van der Waals surface area contributed by atoms with Crippen LogP contribution in [0.15, 0.2) is 11.1 Å². The number of rotatable bonds is 7. The third-order valence-electron chi connectivity index (χ3n) is 2.35. The summed E-state index contributed by atoms with van der Waals surface area (Å²) in [6, 6.07) is 0. The van der Waals surface area contributed by atoms with E-state index in [1.165, 1.54) is 10.9 Å². The SMILES string of the molecule is Nc1nc2c(ncn2COCCOCP(=O)(O)O)c(=O)[nH]1.[H-].[H-].[Na+].[Na+]. The molecule has 0 bridgehead atoms. The second-order valence-electron chi connectivity index (χ2n) is 4.08. The van der Waals surface area contributed by atoms with Gasteiger partial charge in [-0.1, -0.05) is 0 Å². The van der Waals surface area contributed by atoms with Crippen molar-refractivity contribution in [3.63, 3.8) is 0 Å². The van der Waals surface area contributed by atoms with Gasteiger partial charge in [0.05, 0.1) is 19.5 Å². The Morgan fingerprint density at radius 2 is 2.00 bits per heavy atom. The average Bonchev–Trinajstić information content (AvgIpc) is 2.75. The van der Waals surface area contributed by atoms with Gasteiger partial charge in [-0.3, -0.25) is 18.9 Å². The van der Waals surface area contributed by atoms with Crippen LogP contribution in [0, 0.1) is 0 Å². The summed E-state index contributed by atoms with van der Waals surface area (Å²) in [7, 11) is -4.16. The molecule has 120 valence electrons. The standard InChI is InChI=1S/C9H14N5O6P.2Na.2H/c10-9-12-7-6(8(15)13-9)11-3-14(7)4-19-1-2-20-5-21(16,17)18;;;;/h3H,1-2,4-5H2,(H2,16,17,18)(H3,10,12,13,15);;;;/q;2*+1;2*-1. The number of hydrogen-bond acceptors (Lipinski definition) is 7. The summed E-state index contributed by atoms with van der Waals surface area (Å²) in [5.74, 6) is -0.0285. The number of aromatic nitrogens is 4. The molecule has 0 atom stereocenters. The van der Waals surface area contributed by atoms with Crippen LogP contribution in [0.2, 0.25) is 0 Å². The van der Waals surface area contributed by atoms with Gasteiger partial charge in [0.2, 0.25) is 5.95 Å². The number of nitrogens with two attached hydrogens (primary N) is 1. The van der Waals surface area contributed by atoms with Crippen LogP contribution in [0.1, 0.15) is 2.85 Å². The molecule has 0 amide bonds. The number of anilines is 1. The van der Waals surface area contributed by atoms with Gasteiger partial charge >= 0.3 is 66.7 Å². The molecular formula is C9H16N5Na2O6P. The number of ether oxygens (including phenoxy) is 2. The number of fused-ring (bicyclic) bond motifs is 1. The molecule has 14 heteroatoms. The molecule has 0 fully saturated rings. The summed E-state index contributed by atoms with van der Waals surface area (Å²) >= 11 is 0. The minimum atomic E-state index is -4.16. The Bertz CT molecular complexity index is 741. The molecule has 5 N–H and O–H groups in total. The number of nitrogens with zero attached hydrogens (tertiary/aromatic N) is 3. The Balaban J connectivity index is -0.00000121.